The van der Waals surface area contributed by atoms with Gasteiger partial charge in [-0.2, -0.15) is 0 Å². The van der Waals surface area contributed by atoms with Gasteiger partial charge in [0, 0.05) is 12.2 Å². The average Bonchev–Trinajstić information content (AvgIpc) is 3.93. The molecule has 5 atom stereocenters. The average molecular weight is 777 g/mol. The van der Waals surface area contributed by atoms with Crippen LogP contribution < -0.4 is 15.5 Å². The number of anilines is 1. The van der Waals surface area contributed by atoms with Gasteiger partial charge in [-0.05, 0) is 55.4 Å². The third-order valence-electron chi connectivity index (χ3n) is 9.41. The van der Waals surface area contributed by atoms with E-state index in [1.54, 1.807) is 0 Å². The highest BCUT2D eigenvalue weighted by Gasteiger charge is 2.44. The number of hydrogen-bond acceptors (Lipinski definition) is 12. The van der Waals surface area contributed by atoms with Gasteiger partial charge in [0.25, 0.3) is 10.0 Å². The van der Waals surface area contributed by atoms with Crippen LogP contribution in [0.15, 0.2) is 59.5 Å². The van der Waals surface area contributed by atoms with Crippen LogP contribution in [0.25, 0.3) is 0 Å². The van der Waals surface area contributed by atoms with Crippen LogP contribution in [-0.2, 0) is 45.0 Å². The van der Waals surface area contributed by atoms with Crippen LogP contribution in [0.3, 0.4) is 0 Å². The van der Waals surface area contributed by atoms with E-state index in [1.807, 2.05) is 44.2 Å². The monoisotopic (exact) mass is 776 g/mol. The molecule has 2 aromatic carbocycles. The lowest BCUT2D eigenvalue weighted by Gasteiger charge is -2.31. The Morgan fingerprint density at radius 1 is 1.02 bits per heavy atom. The Labute approximate surface area is 316 Å². The maximum Gasteiger partial charge on any atom is 0.414 e. The molecule has 3 aliphatic rings. The highest BCUT2D eigenvalue weighted by atomic mass is 32.2. The van der Waals surface area contributed by atoms with Gasteiger partial charge < -0.3 is 39.8 Å². The van der Waals surface area contributed by atoms with Crippen molar-refractivity contribution in [1.29, 1.82) is 0 Å². The minimum atomic E-state index is -4.53. The van der Waals surface area contributed by atoms with E-state index >= 15 is 0 Å². The molecule has 1 saturated carbocycles. The number of aliphatic hydroxyl groups is 2. The number of alkyl carbamates (subject to hydrolysis) is 1. The molecule has 0 spiro atoms. The van der Waals surface area contributed by atoms with Crippen LogP contribution in [0.5, 0.6) is 0 Å². The molecular formula is C37H52N4O12S. The molecular weight excluding hydrogens is 724 g/mol. The van der Waals surface area contributed by atoms with Gasteiger partial charge in [-0.15, -0.1) is 0 Å². The number of hydrogen-bond donors (Lipinski definition) is 4. The molecule has 298 valence electrons. The molecule has 3 fully saturated rings. The summed E-state index contributed by atoms with van der Waals surface area (Å²) in [5.41, 5.74) is 0.837. The second kappa shape index (κ2) is 19.7. The summed E-state index contributed by atoms with van der Waals surface area (Å²) in [6.45, 7) is 3.01. The number of rotatable bonds is 18. The Hall–Kier alpha value is -3.84. The topological polar surface area (TPSA) is 202 Å². The SMILES string of the molecule is CC(C)COC(=O)N(CC(=O)NCCO)c1cccc(S(=O)(=O)N(C[C@@H](O)[C@H](Cc2ccccc2)NC(=O)OC2COC3OCCC23)OC2CCCC2)c1. The summed E-state index contributed by atoms with van der Waals surface area (Å²) in [6.07, 6.45) is -0.832. The number of nitrogens with one attached hydrogen (secondary N) is 2. The van der Waals surface area contributed by atoms with Crippen LogP contribution in [0, 0.1) is 11.8 Å². The normalized spacial score (nSPS) is 21.1. The van der Waals surface area contributed by atoms with Crippen LogP contribution >= 0.6 is 0 Å². The third kappa shape index (κ3) is 11.3. The van der Waals surface area contributed by atoms with Crippen molar-refractivity contribution in [3.05, 3.63) is 60.2 Å². The highest BCUT2D eigenvalue weighted by Crippen LogP contribution is 2.33. The lowest BCUT2D eigenvalue weighted by Crippen LogP contribution is -2.51. The molecule has 2 aromatic rings. The first-order chi connectivity index (χ1) is 25.9. The largest absolute Gasteiger partial charge is 0.449 e. The van der Waals surface area contributed by atoms with E-state index in [0.717, 1.165) is 27.8 Å². The summed E-state index contributed by atoms with van der Waals surface area (Å²) in [7, 11) is -4.53. The van der Waals surface area contributed by atoms with Gasteiger partial charge in [-0.1, -0.05) is 67.6 Å². The smallest absolute Gasteiger partial charge is 0.414 e. The number of hydroxylamine groups is 1. The number of carbonyl (C=O) groups is 3. The molecule has 0 bridgehead atoms. The van der Waals surface area contributed by atoms with Crippen molar-refractivity contribution in [2.24, 2.45) is 11.8 Å². The molecule has 4 N–H and O–H groups in total. The number of amides is 3. The maximum absolute atomic E-state index is 14.4. The number of carbonyl (C=O) groups excluding carboxylic acids is 3. The van der Waals surface area contributed by atoms with Crippen molar-refractivity contribution in [1.82, 2.24) is 15.1 Å². The van der Waals surface area contributed by atoms with Gasteiger partial charge in [0.15, 0.2) is 6.29 Å². The van der Waals surface area contributed by atoms with Gasteiger partial charge in [0.2, 0.25) is 5.91 Å². The van der Waals surface area contributed by atoms with Crippen LogP contribution in [0.1, 0.15) is 51.5 Å². The van der Waals surface area contributed by atoms with Gasteiger partial charge >= 0.3 is 12.2 Å². The van der Waals surface area contributed by atoms with Crippen molar-refractivity contribution in [2.75, 3.05) is 51.0 Å². The van der Waals surface area contributed by atoms with E-state index in [2.05, 4.69) is 10.6 Å². The molecule has 2 aliphatic heterocycles. The summed E-state index contributed by atoms with van der Waals surface area (Å²) in [6, 6.07) is 13.6. The minimum Gasteiger partial charge on any atom is -0.449 e. The van der Waals surface area contributed by atoms with E-state index < -0.39 is 71.9 Å². The zero-order valence-electron chi connectivity index (χ0n) is 30.7. The van der Waals surface area contributed by atoms with Crippen molar-refractivity contribution < 1.29 is 56.8 Å². The molecule has 2 saturated heterocycles. The van der Waals surface area contributed by atoms with Crippen LogP contribution in [-0.4, -0.2) is 118 Å². The number of nitrogens with zero attached hydrogens (tertiary/aromatic N) is 2. The number of sulfonamides is 1. The van der Waals surface area contributed by atoms with E-state index in [0.29, 0.717) is 25.9 Å². The number of benzene rings is 2. The molecule has 5 rings (SSSR count). The van der Waals surface area contributed by atoms with Crippen molar-refractivity contribution in [3.8, 4) is 0 Å². The molecule has 1 aliphatic carbocycles. The standard InChI is InChI=1S/C37H52N4O12S/c1-25(2)23-51-37(46)40(22-34(44)38-16-17-42)27-11-8-14-29(20-27)54(47,48)41(53-28-12-6-7-13-28)21-32(43)31(19-26-9-4-3-5-10-26)39-36(45)52-33-24-50-35-30(33)15-18-49-35/h3-5,8-11,14,20,25,28,30-33,35,42-43H,6-7,12-13,15-19,21-24H2,1-2H3,(H,38,44)(H,39,45)/t30?,31-,32+,33?,35?/m0/s1. The van der Waals surface area contributed by atoms with Gasteiger partial charge in [0.05, 0.1) is 62.0 Å². The predicted octanol–water partition coefficient (Wildman–Crippen LogP) is 2.72. The van der Waals surface area contributed by atoms with Crippen molar-refractivity contribution in [3.63, 3.8) is 0 Å². The van der Waals surface area contributed by atoms with Crippen LogP contribution in [0.2, 0.25) is 0 Å². The zero-order chi connectivity index (χ0) is 38.7. The Kier molecular flexibility index (Phi) is 15.0. The Morgan fingerprint density at radius 3 is 2.50 bits per heavy atom. The fourth-order valence-corrected chi connectivity index (χ4v) is 7.90. The lowest BCUT2D eigenvalue weighted by atomic mass is 10.0. The van der Waals surface area contributed by atoms with Crippen LogP contribution in [0.4, 0.5) is 15.3 Å². The summed E-state index contributed by atoms with van der Waals surface area (Å²) in [4.78, 5) is 46.0. The van der Waals surface area contributed by atoms with Gasteiger partial charge in [-0.3, -0.25) is 14.5 Å². The summed E-state index contributed by atoms with van der Waals surface area (Å²) >= 11 is 0. The molecule has 2 heterocycles. The molecule has 0 aromatic heterocycles. The van der Waals surface area contributed by atoms with E-state index in [4.69, 9.17) is 28.9 Å². The molecule has 16 nitrogen and oxygen atoms in total. The lowest BCUT2D eigenvalue weighted by molar-refractivity contribution is -0.145. The Morgan fingerprint density at radius 2 is 1.78 bits per heavy atom. The zero-order valence-corrected chi connectivity index (χ0v) is 31.5. The number of aliphatic hydroxyl groups excluding tert-OH is 2. The van der Waals surface area contributed by atoms with Gasteiger partial charge in [-0.25, -0.2) is 18.0 Å². The molecule has 17 heteroatoms. The summed E-state index contributed by atoms with van der Waals surface area (Å²) in [5, 5.41) is 26.1. The fourth-order valence-electron chi connectivity index (χ4n) is 6.56. The van der Waals surface area contributed by atoms with E-state index in [1.165, 1.54) is 24.3 Å². The third-order valence-corrected chi connectivity index (χ3v) is 11.0. The summed E-state index contributed by atoms with van der Waals surface area (Å²) < 4.78 is 51.8. The fraction of sp³-hybridized carbons (Fsp3) is 0.595. The van der Waals surface area contributed by atoms with E-state index in [-0.39, 0.29) is 55.2 Å². The van der Waals surface area contributed by atoms with Crippen molar-refractivity contribution >= 4 is 33.8 Å². The summed E-state index contributed by atoms with van der Waals surface area (Å²) in [5.74, 6) is -0.709. The quantitative estimate of drug-likeness (QED) is 0.162. The molecule has 3 unspecified atom stereocenters. The van der Waals surface area contributed by atoms with E-state index in [9.17, 15) is 27.9 Å². The predicted molar refractivity (Wildman–Crippen MR) is 194 cm³/mol. The number of fused-ring (bicyclic) bond motifs is 1. The van der Waals surface area contributed by atoms with Crippen molar-refractivity contribution in [2.45, 2.75) is 87.9 Å². The first-order valence-electron chi connectivity index (χ1n) is 18.5. The minimum absolute atomic E-state index is 0.00788. The first-order valence-corrected chi connectivity index (χ1v) is 19.9. The highest BCUT2D eigenvalue weighted by molar-refractivity contribution is 7.89. The first kappa shape index (κ1) is 41.3. The second-order valence-corrected chi connectivity index (χ2v) is 15.9. The van der Waals surface area contributed by atoms with Gasteiger partial charge in [0.1, 0.15) is 12.6 Å². The Balaban J connectivity index is 1.39. The molecule has 3 amide bonds. The molecule has 0 radical (unpaired) electrons. The maximum atomic E-state index is 14.4. The second-order valence-electron chi connectivity index (χ2n) is 14.1. The molecule has 54 heavy (non-hydrogen) atoms. The Bertz CT molecular complexity index is 1640. The number of ether oxygens (including phenoxy) is 4.